The molecule has 32 heavy (non-hydrogen) atoms. The van der Waals surface area contributed by atoms with Crippen molar-refractivity contribution in [2.75, 3.05) is 0 Å². The molecule has 0 saturated carbocycles. The average molecular weight is 420 g/mol. The number of carbonyl (C=O) groups is 1. The molecule has 1 amide bonds. The molecule has 0 spiro atoms. The monoisotopic (exact) mass is 419 g/mol. The third-order valence-corrected chi connectivity index (χ3v) is 6.21. The molecule has 158 valence electrons. The molecule has 0 saturated heterocycles. The Balaban J connectivity index is 1.60. The van der Waals surface area contributed by atoms with Crippen LogP contribution in [0, 0.1) is 0 Å². The molecule has 1 heterocycles. The van der Waals surface area contributed by atoms with Crippen molar-refractivity contribution in [1.29, 1.82) is 0 Å². The molecular weight excluding hydrogens is 394 g/mol. The molecule has 1 aliphatic rings. The molecule has 5 rings (SSSR count). The Morgan fingerprint density at radius 3 is 1.81 bits per heavy atom. The van der Waals surface area contributed by atoms with Crippen molar-refractivity contribution in [3.63, 3.8) is 0 Å². The molecule has 4 aromatic rings. The molecule has 0 fully saturated rings. The van der Waals surface area contributed by atoms with Crippen LogP contribution in [0.2, 0.25) is 0 Å². The van der Waals surface area contributed by atoms with Gasteiger partial charge in [-0.05, 0) is 36.8 Å². The number of nitrogens with one attached hydrogen (secondary N) is 1. The summed E-state index contributed by atoms with van der Waals surface area (Å²) in [6.45, 7) is 2.10. The lowest BCUT2D eigenvalue weighted by molar-refractivity contribution is 0.0933. The lowest BCUT2D eigenvalue weighted by atomic mass is 9.72. The predicted molar refractivity (Wildman–Crippen MR) is 127 cm³/mol. The summed E-state index contributed by atoms with van der Waals surface area (Å²) in [4.78, 5) is 13.0. The Morgan fingerprint density at radius 1 is 0.719 bits per heavy atom. The predicted octanol–water partition coefficient (Wildman–Crippen LogP) is 6.53. The van der Waals surface area contributed by atoms with Crippen molar-refractivity contribution < 1.29 is 9.53 Å². The summed E-state index contributed by atoms with van der Waals surface area (Å²) in [6, 6.07) is 36.1. The van der Waals surface area contributed by atoms with E-state index < -0.39 is 0 Å². The van der Waals surface area contributed by atoms with Crippen LogP contribution in [0.4, 0.5) is 0 Å². The van der Waals surface area contributed by atoms with Crippen LogP contribution < -0.4 is 10.1 Å². The van der Waals surface area contributed by atoms with Gasteiger partial charge in [0, 0.05) is 34.6 Å². The summed E-state index contributed by atoms with van der Waals surface area (Å²) < 4.78 is 6.24. The Morgan fingerprint density at radius 2 is 1.22 bits per heavy atom. The normalized spacial score (nSPS) is 14.4. The van der Waals surface area contributed by atoms with Crippen LogP contribution in [-0.4, -0.2) is 11.9 Å². The lowest BCUT2D eigenvalue weighted by Crippen LogP contribution is -2.40. The van der Waals surface area contributed by atoms with Crippen LogP contribution in [0.5, 0.6) is 11.5 Å². The van der Waals surface area contributed by atoms with Gasteiger partial charge in [0.2, 0.25) is 0 Å². The Kier molecular flexibility index (Phi) is 5.47. The zero-order valence-corrected chi connectivity index (χ0v) is 17.9. The van der Waals surface area contributed by atoms with Gasteiger partial charge in [0.05, 0.1) is 0 Å². The van der Waals surface area contributed by atoms with Crippen molar-refractivity contribution in [3.05, 3.63) is 131 Å². The molecular formula is C29H25NO2. The third kappa shape index (κ3) is 3.78. The molecule has 0 radical (unpaired) electrons. The summed E-state index contributed by atoms with van der Waals surface area (Å²) >= 11 is 0. The Bertz CT molecular complexity index is 1170. The number of carbonyl (C=O) groups excluding carboxylic acids is 1. The minimum atomic E-state index is -0.116. The van der Waals surface area contributed by atoms with E-state index in [2.05, 4.69) is 60.8 Å². The molecule has 0 aromatic heterocycles. The Labute approximate surface area is 188 Å². The molecule has 3 heteroatoms. The largest absolute Gasteiger partial charge is 0.457 e. The van der Waals surface area contributed by atoms with E-state index in [1.165, 1.54) is 5.56 Å². The Hall–Kier alpha value is -3.85. The summed E-state index contributed by atoms with van der Waals surface area (Å²) in [5, 5.41) is 3.27. The molecule has 2 atom stereocenters. The van der Waals surface area contributed by atoms with E-state index in [4.69, 9.17) is 4.74 Å². The van der Waals surface area contributed by atoms with Crippen molar-refractivity contribution in [3.8, 4) is 11.5 Å². The number of benzene rings is 4. The smallest absolute Gasteiger partial charge is 0.251 e. The number of rotatable bonds is 5. The topological polar surface area (TPSA) is 38.3 Å². The SMILES string of the molecule is C[C@H](NC(=O)c1ccccc1)[C@@H](c1ccccc1)C1c2ccccc2Oc2ccccc21. The van der Waals surface area contributed by atoms with Gasteiger partial charge in [-0.1, -0.05) is 84.9 Å². The minimum Gasteiger partial charge on any atom is -0.457 e. The van der Waals surface area contributed by atoms with Crippen molar-refractivity contribution in [2.45, 2.75) is 24.8 Å². The first-order valence-electron chi connectivity index (χ1n) is 11.0. The second-order valence-electron chi connectivity index (χ2n) is 8.22. The van der Waals surface area contributed by atoms with Crippen LogP contribution in [-0.2, 0) is 0 Å². The number of amides is 1. The van der Waals surface area contributed by atoms with E-state index in [0.29, 0.717) is 5.56 Å². The van der Waals surface area contributed by atoms with Crippen LogP contribution >= 0.6 is 0 Å². The van der Waals surface area contributed by atoms with Crippen molar-refractivity contribution in [2.24, 2.45) is 0 Å². The first kappa shape index (κ1) is 20.1. The van der Waals surface area contributed by atoms with Crippen molar-refractivity contribution >= 4 is 5.91 Å². The highest BCUT2D eigenvalue weighted by atomic mass is 16.5. The minimum absolute atomic E-state index is 0.0232. The third-order valence-electron chi connectivity index (χ3n) is 6.21. The van der Waals surface area contributed by atoms with Gasteiger partial charge in [-0.3, -0.25) is 4.79 Å². The maximum atomic E-state index is 13.0. The van der Waals surface area contributed by atoms with Crippen LogP contribution in [0.25, 0.3) is 0 Å². The maximum absolute atomic E-state index is 13.0. The van der Waals surface area contributed by atoms with Crippen LogP contribution in [0.1, 0.15) is 45.8 Å². The number of ether oxygens (including phenoxy) is 1. The second-order valence-corrected chi connectivity index (χ2v) is 8.22. The van der Waals surface area contributed by atoms with E-state index in [0.717, 1.165) is 22.6 Å². The van der Waals surface area contributed by atoms with Crippen LogP contribution in [0.15, 0.2) is 109 Å². The summed E-state index contributed by atoms with van der Waals surface area (Å²) in [7, 11) is 0. The number of para-hydroxylation sites is 2. The van der Waals surface area contributed by atoms with Gasteiger partial charge in [0.1, 0.15) is 11.5 Å². The fourth-order valence-corrected chi connectivity index (χ4v) is 4.75. The molecule has 4 aromatic carbocycles. The molecule has 0 bridgehead atoms. The molecule has 0 aliphatic carbocycles. The lowest BCUT2D eigenvalue weighted by Gasteiger charge is -2.37. The second kappa shape index (κ2) is 8.72. The number of hydrogen-bond donors (Lipinski definition) is 1. The van der Waals surface area contributed by atoms with Crippen molar-refractivity contribution in [1.82, 2.24) is 5.32 Å². The van der Waals surface area contributed by atoms with Gasteiger partial charge in [-0.2, -0.15) is 0 Å². The van der Waals surface area contributed by atoms with E-state index in [1.54, 1.807) is 0 Å². The number of fused-ring (bicyclic) bond motifs is 2. The fraction of sp³-hybridized carbons (Fsp3) is 0.138. The average Bonchev–Trinajstić information content (AvgIpc) is 2.85. The summed E-state index contributed by atoms with van der Waals surface area (Å²) in [5.41, 5.74) is 4.13. The van der Waals surface area contributed by atoms with Gasteiger partial charge in [-0.15, -0.1) is 0 Å². The van der Waals surface area contributed by atoms with Gasteiger partial charge < -0.3 is 10.1 Å². The molecule has 1 aliphatic heterocycles. The van der Waals surface area contributed by atoms with Gasteiger partial charge >= 0.3 is 0 Å². The highest BCUT2D eigenvalue weighted by molar-refractivity contribution is 5.94. The summed E-state index contributed by atoms with van der Waals surface area (Å²) in [5.74, 6) is 1.75. The van der Waals surface area contributed by atoms with Crippen LogP contribution in [0.3, 0.4) is 0 Å². The zero-order chi connectivity index (χ0) is 21.9. The highest BCUT2D eigenvalue weighted by Gasteiger charge is 2.37. The standard InChI is InChI=1S/C29H25NO2/c1-20(30-29(31)22-14-6-3-7-15-22)27(21-12-4-2-5-13-21)28-23-16-8-10-18-25(23)32-26-19-11-9-17-24(26)28/h2-20,27-28H,1H3,(H,30,31)/t20-,27-/m0/s1. The van der Waals surface area contributed by atoms with E-state index >= 15 is 0 Å². The van der Waals surface area contributed by atoms with E-state index in [-0.39, 0.29) is 23.8 Å². The van der Waals surface area contributed by atoms with E-state index in [9.17, 15) is 4.79 Å². The highest BCUT2D eigenvalue weighted by Crippen LogP contribution is 2.51. The van der Waals surface area contributed by atoms with Gasteiger partial charge in [0.25, 0.3) is 5.91 Å². The molecule has 3 nitrogen and oxygen atoms in total. The molecule has 0 unspecified atom stereocenters. The maximum Gasteiger partial charge on any atom is 0.251 e. The first-order valence-corrected chi connectivity index (χ1v) is 11.0. The molecule has 1 N–H and O–H groups in total. The first-order chi connectivity index (χ1) is 15.7. The fourth-order valence-electron chi connectivity index (χ4n) is 4.75. The van der Waals surface area contributed by atoms with Gasteiger partial charge in [-0.25, -0.2) is 0 Å². The summed E-state index contributed by atoms with van der Waals surface area (Å²) in [6.07, 6.45) is 0. The van der Waals surface area contributed by atoms with E-state index in [1.807, 2.05) is 60.7 Å². The zero-order valence-electron chi connectivity index (χ0n) is 17.9. The quantitative estimate of drug-likeness (QED) is 0.400. The van der Waals surface area contributed by atoms with Gasteiger partial charge in [0.15, 0.2) is 0 Å². The number of hydrogen-bond acceptors (Lipinski definition) is 2.